The molecule has 2 fully saturated rings. The van der Waals surface area contributed by atoms with Crippen molar-refractivity contribution < 1.29 is 41.0 Å². The molecule has 1 aliphatic carbocycles. The largest absolute Gasteiger partial charge is 0.408 e. The molecule has 2 N–H and O–H groups in total. The Morgan fingerprint density at radius 3 is 2.38 bits per heavy atom. The van der Waals surface area contributed by atoms with Crippen LogP contribution in [0.15, 0.2) is 35.3 Å². The Morgan fingerprint density at radius 1 is 1.15 bits per heavy atom. The van der Waals surface area contributed by atoms with Crippen LogP contribution in [0.4, 0.5) is 32.2 Å². The van der Waals surface area contributed by atoms with Gasteiger partial charge >= 0.3 is 6.18 Å². The number of carbonyl (C=O) groups excluding carboxylic acids is 1. The monoisotopic (exact) mass is 556 g/mol. The fourth-order valence-electron chi connectivity index (χ4n) is 4.76. The van der Waals surface area contributed by atoms with Crippen LogP contribution in [0.2, 0.25) is 0 Å². The third-order valence-electron chi connectivity index (χ3n) is 6.90. The number of halogens is 6. The number of fused-ring (bicyclic) bond motifs is 1. The summed E-state index contributed by atoms with van der Waals surface area (Å²) < 4.78 is 89.9. The highest BCUT2D eigenvalue weighted by Crippen LogP contribution is 2.40. The number of β-amino-alcohol motifs (C(OH)–C–C–N with tert-alkyl or cyclic N) is 1. The summed E-state index contributed by atoms with van der Waals surface area (Å²) in [4.78, 5) is 32.1. The molecule has 8 nitrogen and oxygen atoms in total. The standard InChI is InChI=1S/C25H22F6N4O4/c1-39-18-10-34(9-17(18)36)19-5-4-13-21(37)14(24(38)33-22(11-2-3-11)25(29,30)31)8-35(23(13)32-19)20-15(27)6-12(26)7-16(20)28/h4-8,11,17-18,22,36H,2-3,9-10H2,1H3,(H,33,38). The van der Waals surface area contributed by atoms with Crippen molar-refractivity contribution in [2.45, 2.75) is 37.3 Å². The number of aromatic nitrogens is 2. The van der Waals surface area contributed by atoms with Crippen LogP contribution in [-0.4, -0.2) is 65.2 Å². The number of amides is 1. The number of nitrogens with zero attached hydrogens (tertiary/aromatic N) is 3. The zero-order chi connectivity index (χ0) is 28.2. The van der Waals surface area contributed by atoms with Crippen molar-refractivity contribution in [1.29, 1.82) is 0 Å². The highest BCUT2D eigenvalue weighted by atomic mass is 19.4. The van der Waals surface area contributed by atoms with Gasteiger partial charge in [-0.1, -0.05) is 0 Å². The number of aliphatic hydroxyl groups is 1. The van der Waals surface area contributed by atoms with Crippen molar-refractivity contribution >= 4 is 22.8 Å². The van der Waals surface area contributed by atoms with Gasteiger partial charge in [-0.05, 0) is 30.9 Å². The first-order valence-corrected chi connectivity index (χ1v) is 11.9. The molecule has 0 spiro atoms. The van der Waals surface area contributed by atoms with E-state index >= 15 is 0 Å². The van der Waals surface area contributed by atoms with Crippen molar-refractivity contribution in [3.63, 3.8) is 0 Å². The van der Waals surface area contributed by atoms with Crippen LogP contribution in [0.3, 0.4) is 0 Å². The molecule has 5 rings (SSSR count). The smallest absolute Gasteiger partial charge is 0.388 e. The molecule has 3 heterocycles. The molecule has 1 saturated carbocycles. The topological polar surface area (TPSA) is 96.7 Å². The summed E-state index contributed by atoms with van der Waals surface area (Å²) in [5.41, 5.74) is -3.07. The number of rotatable bonds is 6. The molecule has 1 aromatic carbocycles. The van der Waals surface area contributed by atoms with Gasteiger partial charge in [0.1, 0.15) is 35.0 Å². The Bertz CT molecular complexity index is 1480. The zero-order valence-corrected chi connectivity index (χ0v) is 20.3. The molecule has 3 atom stereocenters. The van der Waals surface area contributed by atoms with Gasteiger partial charge in [0.15, 0.2) is 17.3 Å². The van der Waals surface area contributed by atoms with Crippen molar-refractivity contribution in [2.75, 3.05) is 25.1 Å². The first-order chi connectivity index (χ1) is 18.4. The lowest BCUT2D eigenvalue weighted by molar-refractivity contribution is -0.158. The Balaban J connectivity index is 1.67. The normalized spacial score (nSPS) is 20.5. The summed E-state index contributed by atoms with van der Waals surface area (Å²) in [6.45, 7) is 0.279. The van der Waals surface area contributed by atoms with Crippen molar-refractivity contribution in [2.24, 2.45) is 5.92 Å². The first-order valence-electron chi connectivity index (χ1n) is 11.9. The van der Waals surface area contributed by atoms with E-state index in [1.54, 1.807) is 4.90 Å². The number of nitrogens with one attached hydrogen (secondary N) is 1. The number of ether oxygens (including phenoxy) is 1. The quantitative estimate of drug-likeness (QED) is 0.454. The van der Waals surface area contributed by atoms with E-state index in [0.717, 1.165) is 0 Å². The summed E-state index contributed by atoms with van der Waals surface area (Å²) in [5, 5.41) is 11.7. The molecule has 3 unspecified atom stereocenters. The van der Waals surface area contributed by atoms with Gasteiger partial charge in [0.2, 0.25) is 5.43 Å². The molecule has 1 saturated heterocycles. The summed E-state index contributed by atoms with van der Waals surface area (Å²) in [6.07, 6.45) is -5.05. The molecular formula is C25H22F6N4O4. The number of pyridine rings is 2. The fraction of sp³-hybridized carbons (Fsp3) is 0.400. The van der Waals surface area contributed by atoms with Gasteiger partial charge in [0.25, 0.3) is 5.91 Å². The second-order valence-corrected chi connectivity index (χ2v) is 9.58. The maximum atomic E-state index is 14.9. The number of benzene rings is 1. The fourth-order valence-corrected chi connectivity index (χ4v) is 4.76. The van der Waals surface area contributed by atoms with Gasteiger partial charge < -0.3 is 20.1 Å². The molecule has 2 aliphatic rings. The second kappa shape index (κ2) is 9.83. The van der Waals surface area contributed by atoms with Crippen LogP contribution >= 0.6 is 0 Å². The number of aliphatic hydroxyl groups excluding tert-OH is 1. The molecule has 1 amide bonds. The van der Waals surface area contributed by atoms with Crippen molar-refractivity contribution in [3.05, 3.63) is 63.7 Å². The molecule has 0 radical (unpaired) electrons. The Morgan fingerprint density at radius 2 is 1.82 bits per heavy atom. The van der Waals surface area contributed by atoms with E-state index in [1.807, 2.05) is 5.32 Å². The van der Waals surface area contributed by atoms with E-state index in [4.69, 9.17) is 4.74 Å². The van der Waals surface area contributed by atoms with Gasteiger partial charge in [0, 0.05) is 38.5 Å². The predicted octanol–water partition coefficient (Wildman–Crippen LogP) is 3.07. The summed E-state index contributed by atoms with van der Waals surface area (Å²) in [6, 6.07) is 1.11. The number of hydrogen-bond donors (Lipinski definition) is 2. The Hall–Kier alpha value is -3.65. The summed E-state index contributed by atoms with van der Waals surface area (Å²) in [5.74, 6) is -6.10. The third kappa shape index (κ3) is 5.05. The number of carbonyl (C=O) groups is 1. The second-order valence-electron chi connectivity index (χ2n) is 9.58. The van der Waals surface area contributed by atoms with E-state index in [1.165, 1.54) is 19.2 Å². The molecule has 1 aliphatic heterocycles. The molecule has 3 aromatic rings. The minimum Gasteiger partial charge on any atom is -0.388 e. The van der Waals surface area contributed by atoms with Crippen LogP contribution < -0.4 is 15.6 Å². The van der Waals surface area contributed by atoms with E-state index < -0.39 is 70.4 Å². The minimum absolute atomic E-state index is 0.0843. The van der Waals surface area contributed by atoms with Crippen LogP contribution in [0.25, 0.3) is 16.7 Å². The molecule has 208 valence electrons. The average molecular weight is 556 g/mol. The maximum Gasteiger partial charge on any atom is 0.408 e. The minimum atomic E-state index is -4.78. The molecule has 39 heavy (non-hydrogen) atoms. The van der Waals surface area contributed by atoms with Crippen LogP contribution in [0.1, 0.15) is 23.2 Å². The number of anilines is 1. The van der Waals surface area contributed by atoms with Gasteiger partial charge in [-0.25, -0.2) is 18.2 Å². The zero-order valence-electron chi connectivity index (χ0n) is 20.3. The Labute approximate surface area is 216 Å². The highest BCUT2D eigenvalue weighted by Gasteiger charge is 2.50. The van der Waals surface area contributed by atoms with E-state index in [2.05, 4.69) is 4.98 Å². The highest BCUT2D eigenvalue weighted by molar-refractivity contribution is 5.97. The number of hydrogen-bond acceptors (Lipinski definition) is 6. The van der Waals surface area contributed by atoms with Gasteiger partial charge in [-0.15, -0.1) is 0 Å². The molecule has 0 bridgehead atoms. The predicted molar refractivity (Wildman–Crippen MR) is 126 cm³/mol. The van der Waals surface area contributed by atoms with Crippen LogP contribution in [-0.2, 0) is 4.74 Å². The lowest BCUT2D eigenvalue weighted by Crippen LogP contribution is -2.48. The summed E-state index contributed by atoms with van der Waals surface area (Å²) >= 11 is 0. The van der Waals surface area contributed by atoms with E-state index in [9.17, 15) is 41.0 Å². The third-order valence-corrected chi connectivity index (χ3v) is 6.90. The van der Waals surface area contributed by atoms with Crippen molar-refractivity contribution in [3.8, 4) is 5.69 Å². The van der Waals surface area contributed by atoms with Crippen molar-refractivity contribution in [1.82, 2.24) is 14.9 Å². The number of methoxy groups -OCH3 is 1. The number of alkyl halides is 3. The van der Waals surface area contributed by atoms with E-state index in [0.29, 0.717) is 22.9 Å². The lowest BCUT2D eigenvalue weighted by Gasteiger charge is -2.22. The average Bonchev–Trinajstić information content (AvgIpc) is 3.62. The van der Waals surface area contributed by atoms with E-state index in [-0.39, 0.29) is 42.8 Å². The molecule has 2 aromatic heterocycles. The van der Waals surface area contributed by atoms with Gasteiger partial charge in [0.05, 0.1) is 11.5 Å². The maximum absolute atomic E-state index is 14.9. The van der Waals surface area contributed by atoms with Gasteiger partial charge in [-0.3, -0.25) is 14.2 Å². The molecule has 14 heteroatoms. The first kappa shape index (κ1) is 26.9. The van der Waals surface area contributed by atoms with Crippen LogP contribution in [0, 0.1) is 23.4 Å². The van der Waals surface area contributed by atoms with Gasteiger partial charge in [-0.2, -0.15) is 13.2 Å². The van der Waals surface area contributed by atoms with Crippen LogP contribution in [0.5, 0.6) is 0 Å². The Kier molecular flexibility index (Phi) is 6.79. The summed E-state index contributed by atoms with van der Waals surface area (Å²) in [7, 11) is 1.40. The lowest BCUT2D eigenvalue weighted by atomic mass is 10.1. The molecular weight excluding hydrogens is 534 g/mol. The SMILES string of the molecule is COC1CN(c2ccc3c(=O)c(C(=O)NC(C4CC4)C(F)(F)F)cn(-c4c(F)cc(F)cc4F)c3n2)CC1O.